The van der Waals surface area contributed by atoms with Crippen LogP contribution in [0.2, 0.25) is 0 Å². The van der Waals surface area contributed by atoms with Gasteiger partial charge in [0.2, 0.25) is 0 Å². The molecule has 1 N–H and O–H groups in total. The van der Waals surface area contributed by atoms with Crippen molar-refractivity contribution in [2.75, 3.05) is 19.7 Å². The molecule has 0 bridgehead atoms. The van der Waals surface area contributed by atoms with Gasteiger partial charge in [-0.25, -0.2) is 4.98 Å². The van der Waals surface area contributed by atoms with Crippen LogP contribution in [0.4, 0.5) is 13.2 Å². The highest BCUT2D eigenvalue weighted by atomic mass is 19.4. The predicted octanol–water partition coefficient (Wildman–Crippen LogP) is 2.55. The quantitative estimate of drug-likeness (QED) is 0.926. The normalized spacial score (nSPS) is 19.7. The number of ether oxygens (including phenoxy) is 1. The molecule has 4 nitrogen and oxygen atoms in total. The number of nitrogens with zero attached hydrogens (tertiary/aromatic N) is 2. The minimum absolute atomic E-state index is 0.212. The lowest BCUT2D eigenvalue weighted by Crippen LogP contribution is -2.34. The molecule has 1 atom stereocenters. The number of nitrogens with one attached hydrogen (secondary N) is 1. The summed E-state index contributed by atoms with van der Waals surface area (Å²) in [7, 11) is 0. The Morgan fingerprint density at radius 2 is 2.19 bits per heavy atom. The van der Waals surface area contributed by atoms with Crippen LogP contribution in [0, 0.1) is 0 Å². The van der Waals surface area contributed by atoms with Gasteiger partial charge in [0.05, 0.1) is 30.4 Å². The maximum atomic E-state index is 12.8. The molecular weight excluding hydrogens is 283 g/mol. The van der Waals surface area contributed by atoms with Crippen molar-refractivity contribution < 1.29 is 17.9 Å². The molecule has 1 aliphatic rings. The van der Waals surface area contributed by atoms with E-state index >= 15 is 0 Å². The lowest BCUT2D eigenvalue weighted by atomic mass is 10.1. The molecule has 1 unspecified atom stereocenters. The van der Waals surface area contributed by atoms with E-state index in [1.165, 1.54) is 12.4 Å². The SMILES string of the molecule is FC(F)(F)c1cccc(-n2cncc2C2CNCCO2)c1. The zero-order chi connectivity index (χ0) is 14.9. The molecule has 1 aliphatic heterocycles. The fourth-order valence-electron chi connectivity index (χ4n) is 2.35. The van der Waals surface area contributed by atoms with E-state index in [2.05, 4.69) is 10.3 Å². The van der Waals surface area contributed by atoms with E-state index in [9.17, 15) is 13.2 Å². The molecule has 0 amide bonds. The van der Waals surface area contributed by atoms with Crippen LogP contribution in [-0.4, -0.2) is 29.2 Å². The minimum Gasteiger partial charge on any atom is -0.369 e. The van der Waals surface area contributed by atoms with Crippen molar-refractivity contribution in [3.63, 3.8) is 0 Å². The first-order valence-corrected chi connectivity index (χ1v) is 6.58. The maximum Gasteiger partial charge on any atom is 0.416 e. The Labute approximate surface area is 119 Å². The lowest BCUT2D eigenvalue weighted by molar-refractivity contribution is -0.137. The van der Waals surface area contributed by atoms with Gasteiger partial charge >= 0.3 is 6.18 Å². The van der Waals surface area contributed by atoms with Crippen molar-refractivity contribution in [3.05, 3.63) is 48.0 Å². The van der Waals surface area contributed by atoms with E-state index in [0.717, 1.165) is 24.4 Å². The van der Waals surface area contributed by atoms with Gasteiger partial charge in [-0.15, -0.1) is 0 Å². The fourth-order valence-corrected chi connectivity index (χ4v) is 2.35. The van der Waals surface area contributed by atoms with Gasteiger partial charge in [-0.1, -0.05) is 6.07 Å². The van der Waals surface area contributed by atoms with Crippen molar-refractivity contribution in [3.8, 4) is 5.69 Å². The summed E-state index contributed by atoms with van der Waals surface area (Å²) in [6.45, 7) is 1.96. The Morgan fingerprint density at radius 3 is 2.90 bits per heavy atom. The monoisotopic (exact) mass is 297 g/mol. The second-order valence-electron chi connectivity index (χ2n) is 4.80. The molecule has 0 aliphatic carbocycles. The average Bonchev–Trinajstić information content (AvgIpc) is 2.97. The molecule has 0 spiro atoms. The van der Waals surface area contributed by atoms with Gasteiger partial charge in [-0.3, -0.25) is 0 Å². The summed E-state index contributed by atoms with van der Waals surface area (Å²) in [5.74, 6) is 0. The van der Waals surface area contributed by atoms with Crippen LogP contribution in [0.5, 0.6) is 0 Å². The summed E-state index contributed by atoms with van der Waals surface area (Å²) in [5, 5.41) is 3.19. The van der Waals surface area contributed by atoms with Crippen LogP contribution >= 0.6 is 0 Å². The number of alkyl halides is 3. The van der Waals surface area contributed by atoms with Crippen molar-refractivity contribution in [2.45, 2.75) is 12.3 Å². The van der Waals surface area contributed by atoms with Crippen molar-refractivity contribution in [1.29, 1.82) is 0 Å². The van der Waals surface area contributed by atoms with E-state index in [1.54, 1.807) is 16.8 Å². The second-order valence-corrected chi connectivity index (χ2v) is 4.80. The van der Waals surface area contributed by atoms with Gasteiger partial charge in [-0.2, -0.15) is 13.2 Å². The summed E-state index contributed by atoms with van der Waals surface area (Å²) in [4.78, 5) is 4.04. The van der Waals surface area contributed by atoms with Crippen LogP contribution in [0.1, 0.15) is 17.4 Å². The lowest BCUT2D eigenvalue weighted by Gasteiger charge is -2.24. The third kappa shape index (κ3) is 2.93. The number of morpholine rings is 1. The van der Waals surface area contributed by atoms with Crippen molar-refractivity contribution >= 4 is 0 Å². The van der Waals surface area contributed by atoms with Crippen LogP contribution < -0.4 is 5.32 Å². The Kier molecular flexibility index (Phi) is 3.69. The number of hydrogen-bond acceptors (Lipinski definition) is 3. The minimum atomic E-state index is -4.36. The molecule has 3 rings (SSSR count). The first-order chi connectivity index (χ1) is 10.1. The van der Waals surface area contributed by atoms with Gasteiger partial charge in [0, 0.05) is 18.8 Å². The van der Waals surface area contributed by atoms with Crippen LogP contribution in [0.3, 0.4) is 0 Å². The van der Waals surface area contributed by atoms with Crippen LogP contribution in [0.15, 0.2) is 36.8 Å². The number of rotatable bonds is 2. The third-order valence-corrected chi connectivity index (χ3v) is 3.38. The molecule has 1 aromatic heterocycles. The summed E-state index contributed by atoms with van der Waals surface area (Å²) < 4.78 is 45.7. The first kappa shape index (κ1) is 14.1. The standard InChI is InChI=1S/C14H14F3N3O/c15-14(16,17)10-2-1-3-11(6-10)20-9-19-7-12(20)13-8-18-4-5-21-13/h1-3,6-7,9,13,18H,4-5,8H2. The third-order valence-electron chi connectivity index (χ3n) is 3.38. The van der Waals surface area contributed by atoms with Crippen LogP contribution in [0.25, 0.3) is 5.69 Å². The molecular formula is C14H14F3N3O. The zero-order valence-electron chi connectivity index (χ0n) is 11.1. The molecule has 21 heavy (non-hydrogen) atoms. The Morgan fingerprint density at radius 1 is 1.33 bits per heavy atom. The second kappa shape index (κ2) is 5.50. The fraction of sp³-hybridized carbons (Fsp3) is 0.357. The summed E-state index contributed by atoms with van der Waals surface area (Å²) >= 11 is 0. The van der Waals surface area contributed by atoms with Gasteiger partial charge in [0.15, 0.2) is 0 Å². The predicted molar refractivity (Wildman–Crippen MR) is 70.1 cm³/mol. The van der Waals surface area contributed by atoms with Gasteiger partial charge in [-0.05, 0) is 18.2 Å². The summed E-state index contributed by atoms with van der Waals surface area (Å²) in [5.41, 5.74) is 0.482. The highest BCUT2D eigenvalue weighted by Crippen LogP contribution is 2.31. The summed E-state index contributed by atoms with van der Waals surface area (Å²) in [6.07, 6.45) is -1.45. The molecule has 7 heteroatoms. The molecule has 0 saturated carbocycles. The smallest absolute Gasteiger partial charge is 0.369 e. The van der Waals surface area contributed by atoms with Gasteiger partial charge in [0.1, 0.15) is 6.10 Å². The number of imidazole rings is 1. The molecule has 2 aromatic rings. The van der Waals surface area contributed by atoms with Gasteiger partial charge < -0.3 is 14.6 Å². The molecule has 2 heterocycles. The van der Waals surface area contributed by atoms with E-state index in [1.807, 2.05) is 0 Å². The maximum absolute atomic E-state index is 12.8. The molecule has 1 fully saturated rings. The largest absolute Gasteiger partial charge is 0.416 e. The van der Waals surface area contributed by atoms with Crippen molar-refractivity contribution in [1.82, 2.24) is 14.9 Å². The molecule has 1 aromatic carbocycles. The Balaban J connectivity index is 1.96. The van der Waals surface area contributed by atoms with E-state index < -0.39 is 11.7 Å². The topological polar surface area (TPSA) is 39.1 Å². The van der Waals surface area contributed by atoms with E-state index in [0.29, 0.717) is 18.8 Å². The number of hydrogen-bond donors (Lipinski definition) is 1. The number of benzene rings is 1. The molecule has 0 radical (unpaired) electrons. The van der Waals surface area contributed by atoms with Crippen molar-refractivity contribution in [2.24, 2.45) is 0 Å². The Bertz CT molecular complexity index is 618. The van der Waals surface area contributed by atoms with Crippen LogP contribution in [-0.2, 0) is 10.9 Å². The molecule has 1 saturated heterocycles. The average molecular weight is 297 g/mol. The van der Waals surface area contributed by atoms with Gasteiger partial charge in [0.25, 0.3) is 0 Å². The first-order valence-electron chi connectivity index (χ1n) is 6.58. The zero-order valence-corrected chi connectivity index (χ0v) is 11.1. The highest BCUT2D eigenvalue weighted by molar-refractivity contribution is 5.39. The number of aromatic nitrogens is 2. The highest BCUT2D eigenvalue weighted by Gasteiger charge is 2.31. The molecule has 112 valence electrons. The number of halogens is 3. The van der Waals surface area contributed by atoms with E-state index in [-0.39, 0.29) is 6.10 Å². The Hall–Kier alpha value is -1.86. The summed E-state index contributed by atoms with van der Waals surface area (Å²) in [6, 6.07) is 5.18. The van der Waals surface area contributed by atoms with E-state index in [4.69, 9.17) is 4.74 Å².